The lowest BCUT2D eigenvalue weighted by Gasteiger charge is -2.09. The van der Waals surface area contributed by atoms with Gasteiger partial charge in [0.05, 0.1) is 26.5 Å². The van der Waals surface area contributed by atoms with Crippen molar-refractivity contribution in [1.82, 2.24) is 28.9 Å². The molecule has 4 aromatic heterocycles. The third kappa shape index (κ3) is 3.92. The van der Waals surface area contributed by atoms with E-state index in [9.17, 15) is 4.79 Å². The van der Waals surface area contributed by atoms with Crippen molar-refractivity contribution in [1.29, 1.82) is 0 Å². The molecule has 0 unspecified atom stereocenters. The van der Waals surface area contributed by atoms with E-state index in [1.807, 2.05) is 59.2 Å². The summed E-state index contributed by atoms with van der Waals surface area (Å²) in [6, 6.07) is 16.9. The van der Waals surface area contributed by atoms with Crippen LogP contribution in [0.4, 0.5) is 0 Å². The van der Waals surface area contributed by atoms with Crippen LogP contribution < -0.4 is 10.4 Å². The van der Waals surface area contributed by atoms with Gasteiger partial charge in [0.15, 0.2) is 16.6 Å². The van der Waals surface area contributed by atoms with Gasteiger partial charge in [-0.05, 0) is 48.5 Å². The number of furan rings is 1. The minimum atomic E-state index is -0.155. The van der Waals surface area contributed by atoms with Crippen molar-refractivity contribution in [3.63, 3.8) is 0 Å². The van der Waals surface area contributed by atoms with Gasteiger partial charge in [0.2, 0.25) is 0 Å². The fraction of sp³-hybridized carbons (Fsp3) is 0.182. The highest BCUT2D eigenvalue weighted by Gasteiger charge is 2.16. The summed E-state index contributed by atoms with van der Waals surface area (Å²) in [7, 11) is 1.64. The quantitative estimate of drug-likeness (QED) is 0.337. The average Bonchev–Trinajstić information content (AvgIpc) is 3.55. The number of hydrogen-bond acceptors (Lipinski definition) is 7. The summed E-state index contributed by atoms with van der Waals surface area (Å²) in [5.74, 6) is 2.93. The molecule has 0 N–H and O–H groups in total. The fourth-order valence-electron chi connectivity index (χ4n) is 3.39. The number of benzene rings is 1. The zero-order chi connectivity index (χ0) is 21.9. The van der Waals surface area contributed by atoms with Gasteiger partial charge >= 0.3 is 5.69 Å². The monoisotopic (exact) mass is 448 g/mol. The first-order valence-electron chi connectivity index (χ1n) is 10.00. The van der Waals surface area contributed by atoms with E-state index >= 15 is 0 Å². The molecule has 0 aliphatic rings. The standard InChI is InChI=1S/C22H20N6O3S/c1-30-17-9-7-16(8-10-17)20-23-24-21(27(20)15-18-5-4-13-31-18)32-14-12-28-22(29)26-11-3-2-6-19(26)25-28/h2-11,13H,12,14-15H2,1H3. The van der Waals surface area contributed by atoms with Crippen molar-refractivity contribution in [3.8, 4) is 17.1 Å². The van der Waals surface area contributed by atoms with Crippen LogP contribution in [0, 0.1) is 0 Å². The van der Waals surface area contributed by atoms with Crippen LogP contribution in [0.2, 0.25) is 0 Å². The van der Waals surface area contributed by atoms with E-state index in [2.05, 4.69) is 15.3 Å². The number of hydrogen-bond donors (Lipinski definition) is 0. The maximum Gasteiger partial charge on any atom is 0.350 e. The average molecular weight is 449 g/mol. The number of nitrogens with zero attached hydrogens (tertiary/aromatic N) is 6. The number of fused-ring (bicyclic) bond motifs is 1. The Morgan fingerprint density at radius 3 is 2.69 bits per heavy atom. The predicted octanol–water partition coefficient (Wildman–Crippen LogP) is 3.20. The Labute approximate surface area is 187 Å². The Morgan fingerprint density at radius 1 is 1.06 bits per heavy atom. The molecule has 0 atom stereocenters. The lowest BCUT2D eigenvalue weighted by molar-refractivity contribution is 0.415. The second kappa shape index (κ2) is 8.75. The van der Waals surface area contributed by atoms with E-state index in [-0.39, 0.29) is 5.69 Å². The van der Waals surface area contributed by atoms with Crippen LogP contribution in [0.15, 0.2) is 81.4 Å². The van der Waals surface area contributed by atoms with Crippen molar-refractivity contribution in [2.24, 2.45) is 0 Å². The summed E-state index contributed by atoms with van der Waals surface area (Å²) >= 11 is 1.52. The smallest absolute Gasteiger partial charge is 0.350 e. The third-order valence-electron chi connectivity index (χ3n) is 4.98. The van der Waals surface area contributed by atoms with Crippen molar-refractivity contribution >= 4 is 17.4 Å². The highest BCUT2D eigenvalue weighted by atomic mass is 32.2. The second-order valence-corrected chi connectivity index (χ2v) is 8.05. The molecule has 10 heteroatoms. The SMILES string of the molecule is COc1ccc(-c2nnc(SCCn3nc4ccccn4c3=O)n2Cc2ccco2)cc1. The number of thioether (sulfide) groups is 1. The van der Waals surface area contributed by atoms with Gasteiger partial charge in [0, 0.05) is 17.5 Å². The topological polar surface area (TPSA) is 92.4 Å². The van der Waals surface area contributed by atoms with Crippen LogP contribution in [-0.4, -0.2) is 41.8 Å². The molecular formula is C22H20N6O3S. The molecule has 0 aliphatic heterocycles. The van der Waals surface area contributed by atoms with Crippen molar-refractivity contribution in [3.05, 3.63) is 83.3 Å². The van der Waals surface area contributed by atoms with Gasteiger partial charge in [-0.1, -0.05) is 17.8 Å². The van der Waals surface area contributed by atoms with Gasteiger partial charge in [0.1, 0.15) is 11.5 Å². The normalized spacial score (nSPS) is 11.3. The molecule has 0 spiro atoms. The Balaban J connectivity index is 1.39. The number of pyridine rings is 1. The van der Waals surface area contributed by atoms with Gasteiger partial charge in [-0.3, -0.25) is 8.97 Å². The number of rotatable bonds is 8. The molecule has 1 aromatic carbocycles. The molecule has 0 saturated heterocycles. The number of aromatic nitrogens is 6. The van der Waals surface area contributed by atoms with Crippen molar-refractivity contribution < 1.29 is 9.15 Å². The van der Waals surface area contributed by atoms with Crippen LogP contribution in [0.1, 0.15) is 5.76 Å². The Bertz CT molecular complexity index is 1390. The summed E-state index contributed by atoms with van der Waals surface area (Å²) in [4.78, 5) is 12.5. The molecule has 5 rings (SSSR count). The Hall–Kier alpha value is -3.79. The van der Waals surface area contributed by atoms with E-state index < -0.39 is 0 Å². The van der Waals surface area contributed by atoms with Gasteiger partial charge in [-0.2, -0.15) is 0 Å². The zero-order valence-corrected chi connectivity index (χ0v) is 18.1. The maximum atomic E-state index is 12.5. The maximum absolute atomic E-state index is 12.5. The summed E-state index contributed by atoms with van der Waals surface area (Å²) in [5.41, 5.74) is 1.40. The molecule has 0 saturated carbocycles. The summed E-state index contributed by atoms with van der Waals surface area (Å²) in [6.07, 6.45) is 3.37. The molecule has 5 aromatic rings. The third-order valence-corrected chi connectivity index (χ3v) is 5.93. The van der Waals surface area contributed by atoms with E-state index in [1.165, 1.54) is 20.8 Å². The summed E-state index contributed by atoms with van der Waals surface area (Å²) < 4.78 is 15.8. The molecule has 0 radical (unpaired) electrons. The zero-order valence-electron chi connectivity index (χ0n) is 17.3. The highest BCUT2D eigenvalue weighted by molar-refractivity contribution is 7.99. The molecule has 9 nitrogen and oxygen atoms in total. The molecule has 162 valence electrons. The minimum absolute atomic E-state index is 0.155. The predicted molar refractivity (Wildman–Crippen MR) is 120 cm³/mol. The van der Waals surface area contributed by atoms with Gasteiger partial charge in [-0.25, -0.2) is 9.48 Å². The second-order valence-electron chi connectivity index (χ2n) is 6.98. The van der Waals surface area contributed by atoms with Crippen LogP contribution in [0.3, 0.4) is 0 Å². The van der Waals surface area contributed by atoms with Gasteiger partial charge in [-0.15, -0.1) is 15.3 Å². The largest absolute Gasteiger partial charge is 0.497 e. The van der Waals surface area contributed by atoms with E-state index in [4.69, 9.17) is 9.15 Å². The number of aryl methyl sites for hydroxylation is 1. The minimum Gasteiger partial charge on any atom is -0.497 e. The molecule has 4 heterocycles. The van der Waals surface area contributed by atoms with E-state index in [1.54, 1.807) is 19.6 Å². The summed E-state index contributed by atoms with van der Waals surface area (Å²) in [6.45, 7) is 0.953. The molecule has 32 heavy (non-hydrogen) atoms. The Morgan fingerprint density at radius 2 is 1.94 bits per heavy atom. The van der Waals surface area contributed by atoms with Crippen LogP contribution >= 0.6 is 11.8 Å². The lowest BCUT2D eigenvalue weighted by Crippen LogP contribution is -2.22. The van der Waals surface area contributed by atoms with Gasteiger partial charge in [0.25, 0.3) is 0 Å². The number of ether oxygens (including phenoxy) is 1. The van der Waals surface area contributed by atoms with E-state index in [0.29, 0.717) is 24.5 Å². The summed E-state index contributed by atoms with van der Waals surface area (Å²) in [5, 5.41) is 13.9. The molecule has 0 bridgehead atoms. The van der Waals surface area contributed by atoms with Crippen LogP contribution in [0.25, 0.3) is 17.0 Å². The Kier molecular flexibility index (Phi) is 5.51. The highest BCUT2D eigenvalue weighted by Crippen LogP contribution is 2.26. The molecule has 0 fully saturated rings. The first kappa shape index (κ1) is 20.1. The van der Waals surface area contributed by atoms with E-state index in [0.717, 1.165) is 28.1 Å². The fourth-order valence-corrected chi connectivity index (χ4v) is 4.24. The number of methoxy groups -OCH3 is 1. The van der Waals surface area contributed by atoms with Gasteiger partial charge < -0.3 is 9.15 Å². The first-order chi connectivity index (χ1) is 15.7. The van der Waals surface area contributed by atoms with Crippen molar-refractivity contribution in [2.75, 3.05) is 12.9 Å². The van der Waals surface area contributed by atoms with Crippen LogP contribution in [0.5, 0.6) is 5.75 Å². The van der Waals surface area contributed by atoms with Crippen molar-refractivity contribution in [2.45, 2.75) is 18.2 Å². The molecular weight excluding hydrogens is 428 g/mol. The first-order valence-corrected chi connectivity index (χ1v) is 11.0. The lowest BCUT2D eigenvalue weighted by atomic mass is 10.2. The molecule has 0 aliphatic carbocycles. The van der Waals surface area contributed by atoms with Crippen LogP contribution in [-0.2, 0) is 13.1 Å². The molecule has 0 amide bonds.